The van der Waals surface area contributed by atoms with Crippen LogP contribution in [0.1, 0.15) is 26.3 Å². The van der Waals surface area contributed by atoms with Crippen molar-refractivity contribution in [2.45, 2.75) is 6.61 Å². The number of nitrogens with zero attached hydrogens (tertiary/aromatic N) is 2. The number of hydrogen-bond donors (Lipinski definition) is 3. The minimum absolute atomic E-state index is 0.224. The molecule has 4 rings (SSSR count). The second-order valence-corrected chi connectivity index (χ2v) is 6.39. The molecule has 8 heteroatoms. The van der Waals surface area contributed by atoms with Crippen LogP contribution in [0.3, 0.4) is 0 Å². The quantitative estimate of drug-likeness (QED) is 0.469. The van der Waals surface area contributed by atoms with Gasteiger partial charge in [-0.05, 0) is 35.9 Å². The fourth-order valence-electron chi connectivity index (χ4n) is 2.82. The molecule has 144 valence electrons. The van der Waals surface area contributed by atoms with Crippen molar-refractivity contribution in [1.82, 2.24) is 15.2 Å². The number of nitrogens with one attached hydrogen (secondary N) is 2. The van der Waals surface area contributed by atoms with Gasteiger partial charge < -0.3 is 15.8 Å². The predicted molar refractivity (Wildman–Crippen MR) is 108 cm³/mol. The molecule has 0 aliphatic heterocycles. The summed E-state index contributed by atoms with van der Waals surface area (Å²) in [4.78, 5) is 27.7. The zero-order valence-electron chi connectivity index (χ0n) is 15.3. The predicted octanol–water partition coefficient (Wildman–Crippen LogP) is 2.89. The van der Waals surface area contributed by atoms with E-state index in [1.165, 1.54) is 18.5 Å². The van der Waals surface area contributed by atoms with E-state index in [9.17, 15) is 9.59 Å². The highest BCUT2D eigenvalue weighted by atomic mass is 16.5. The van der Waals surface area contributed by atoms with Gasteiger partial charge in [0, 0.05) is 22.8 Å². The van der Waals surface area contributed by atoms with E-state index >= 15 is 0 Å². The molecule has 8 nitrogen and oxygen atoms in total. The van der Waals surface area contributed by atoms with Crippen molar-refractivity contribution in [2.24, 2.45) is 5.73 Å². The summed E-state index contributed by atoms with van der Waals surface area (Å²) < 4.78 is 5.67. The van der Waals surface area contributed by atoms with Crippen LogP contribution >= 0.6 is 0 Å². The molecule has 2 aromatic heterocycles. The van der Waals surface area contributed by atoms with Gasteiger partial charge in [0.15, 0.2) is 0 Å². The molecule has 0 bridgehead atoms. The SMILES string of the molecule is NC(=O)c1cncc(OCc2cccc(NC(=O)c3ccc4cn[nH]c4c3)c2)c1. The largest absolute Gasteiger partial charge is 0.487 e. The Balaban J connectivity index is 1.43. The van der Waals surface area contributed by atoms with Gasteiger partial charge in [-0.3, -0.25) is 19.7 Å². The number of rotatable bonds is 6. The van der Waals surface area contributed by atoms with E-state index in [1.807, 2.05) is 24.3 Å². The molecule has 0 spiro atoms. The molecule has 0 unspecified atom stereocenters. The van der Waals surface area contributed by atoms with Crippen molar-refractivity contribution in [3.05, 3.63) is 83.8 Å². The average molecular weight is 387 g/mol. The Kier molecular flexibility index (Phi) is 4.90. The molecule has 0 saturated heterocycles. The highest BCUT2D eigenvalue weighted by molar-refractivity contribution is 6.06. The molecule has 4 aromatic rings. The van der Waals surface area contributed by atoms with Gasteiger partial charge >= 0.3 is 0 Å². The number of ether oxygens (including phenoxy) is 1. The molecule has 2 heterocycles. The van der Waals surface area contributed by atoms with Gasteiger partial charge in [0.2, 0.25) is 5.91 Å². The summed E-state index contributed by atoms with van der Waals surface area (Å²) in [5.74, 6) is -0.359. The molecule has 0 saturated carbocycles. The molecule has 0 atom stereocenters. The minimum Gasteiger partial charge on any atom is -0.487 e. The molecular weight excluding hydrogens is 370 g/mol. The molecule has 29 heavy (non-hydrogen) atoms. The lowest BCUT2D eigenvalue weighted by Crippen LogP contribution is -2.12. The summed E-state index contributed by atoms with van der Waals surface area (Å²) in [6.07, 6.45) is 4.59. The zero-order chi connectivity index (χ0) is 20.2. The lowest BCUT2D eigenvalue weighted by molar-refractivity contribution is 0.0997. The lowest BCUT2D eigenvalue weighted by atomic mass is 10.1. The number of aromatic nitrogens is 3. The van der Waals surface area contributed by atoms with Crippen LogP contribution in [0, 0.1) is 0 Å². The van der Waals surface area contributed by atoms with E-state index in [4.69, 9.17) is 10.5 Å². The van der Waals surface area contributed by atoms with Crippen LogP contribution in [0.15, 0.2) is 67.1 Å². The van der Waals surface area contributed by atoms with Gasteiger partial charge in [-0.1, -0.05) is 18.2 Å². The number of carbonyl (C=O) groups is 2. The molecule has 2 aromatic carbocycles. The van der Waals surface area contributed by atoms with E-state index in [1.54, 1.807) is 24.4 Å². The van der Waals surface area contributed by atoms with Crippen molar-refractivity contribution in [2.75, 3.05) is 5.32 Å². The molecule has 2 amide bonds. The van der Waals surface area contributed by atoms with Crippen LogP contribution in [0.5, 0.6) is 5.75 Å². The first-order valence-corrected chi connectivity index (χ1v) is 8.79. The first-order chi connectivity index (χ1) is 14.1. The van der Waals surface area contributed by atoms with E-state index in [0.29, 0.717) is 17.0 Å². The summed E-state index contributed by atoms with van der Waals surface area (Å²) in [5.41, 5.74) is 8.33. The molecular formula is C21H17N5O3. The van der Waals surface area contributed by atoms with Gasteiger partial charge in [0.05, 0.1) is 23.5 Å². The Morgan fingerprint density at radius 2 is 1.93 bits per heavy atom. The van der Waals surface area contributed by atoms with Crippen LogP contribution in [0.4, 0.5) is 5.69 Å². The van der Waals surface area contributed by atoms with Crippen LogP contribution in [0.25, 0.3) is 10.9 Å². The molecule has 4 N–H and O–H groups in total. The normalized spacial score (nSPS) is 10.6. The highest BCUT2D eigenvalue weighted by Gasteiger charge is 2.09. The first-order valence-electron chi connectivity index (χ1n) is 8.79. The Bertz CT molecular complexity index is 1200. The van der Waals surface area contributed by atoms with E-state index in [2.05, 4.69) is 20.5 Å². The second-order valence-electron chi connectivity index (χ2n) is 6.39. The maximum atomic E-state index is 12.5. The number of fused-ring (bicyclic) bond motifs is 1. The fourth-order valence-corrected chi connectivity index (χ4v) is 2.82. The Labute approximate surface area is 165 Å². The Morgan fingerprint density at radius 3 is 2.79 bits per heavy atom. The topological polar surface area (TPSA) is 123 Å². The number of H-pyrrole nitrogens is 1. The summed E-state index contributed by atoms with van der Waals surface area (Å²) in [5, 5.41) is 10.6. The Morgan fingerprint density at radius 1 is 1.03 bits per heavy atom. The van der Waals surface area contributed by atoms with E-state index < -0.39 is 5.91 Å². The smallest absolute Gasteiger partial charge is 0.255 e. The molecule has 0 radical (unpaired) electrons. The number of primary amides is 1. The van der Waals surface area contributed by atoms with Crippen molar-refractivity contribution >= 4 is 28.4 Å². The summed E-state index contributed by atoms with van der Waals surface area (Å²) in [6.45, 7) is 0.244. The van der Waals surface area contributed by atoms with Crippen LogP contribution in [-0.4, -0.2) is 27.0 Å². The van der Waals surface area contributed by atoms with Crippen molar-refractivity contribution in [3.63, 3.8) is 0 Å². The maximum Gasteiger partial charge on any atom is 0.255 e. The molecule has 0 aliphatic carbocycles. The Hall–Kier alpha value is -4.20. The molecule has 0 fully saturated rings. The summed E-state index contributed by atoms with van der Waals surface area (Å²) in [6, 6.07) is 14.2. The number of pyridine rings is 1. The maximum absolute atomic E-state index is 12.5. The third kappa shape index (κ3) is 4.22. The highest BCUT2D eigenvalue weighted by Crippen LogP contribution is 2.18. The van der Waals surface area contributed by atoms with Gasteiger partial charge in [0.25, 0.3) is 5.91 Å². The number of aromatic amines is 1. The number of hydrogen-bond acceptors (Lipinski definition) is 5. The summed E-state index contributed by atoms with van der Waals surface area (Å²) in [7, 11) is 0. The number of nitrogens with two attached hydrogens (primary N) is 1. The van der Waals surface area contributed by atoms with Gasteiger partial charge in [-0.15, -0.1) is 0 Å². The van der Waals surface area contributed by atoms with E-state index in [-0.39, 0.29) is 18.1 Å². The van der Waals surface area contributed by atoms with Crippen LogP contribution < -0.4 is 15.8 Å². The standard InChI is InChI=1S/C21H17N5O3/c22-20(27)16-7-18(11-23-9-16)29-12-13-2-1-3-17(6-13)25-21(28)14-4-5-15-10-24-26-19(15)8-14/h1-11H,12H2,(H2,22,27)(H,24,26)(H,25,28). The van der Waals surface area contributed by atoms with Gasteiger partial charge in [-0.2, -0.15) is 5.10 Å². The number of carbonyl (C=O) groups excluding carboxylic acids is 2. The minimum atomic E-state index is -0.569. The van der Waals surface area contributed by atoms with Crippen molar-refractivity contribution in [1.29, 1.82) is 0 Å². The third-order valence-corrected chi connectivity index (χ3v) is 4.29. The van der Waals surface area contributed by atoms with Crippen LogP contribution in [0.2, 0.25) is 0 Å². The van der Waals surface area contributed by atoms with Crippen LogP contribution in [-0.2, 0) is 6.61 Å². The zero-order valence-corrected chi connectivity index (χ0v) is 15.3. The van der Waals surface area contributed by atoms with Crippen molar-refractivity contribution < 1.29 is 14.3 Å². The fraction of sp³-hybridized carbons (Fsp3) is 0.0476. The number of anilines is 1. The van der Waals surface area contributed by atoms with Gasteiger partial charge in [-0.25, -0.2) is 0 Å². The van der Waals surface area contributed by atoms with Gasteiger partial charge in [0.1, 0.15) is 12.4 Å². The van der Waals surface area contributed by atoms with E-state index in [0.717, 1.165) is 16.5 Å². The average Bonchev–Trinajstić information content (AvgIpc) is 3.20. The second kappa shape index (κ2) is 7.81. The monoisotopic (exact) mass is 387 g/mol. The molecule has 0 aliphatic rings. The first kappa shape index (κ1) is 18.2. The lowest BCUT2D eigenvalue weighted by Gasteiger charge is -2.09. The third-order valence-electron chi connectivity index (χ3n) is 4.29. The van der Waals surface area contributed by atoms with Crippen molar-refractivity contribution in [3.8, 4) is 5.75 Å². The number of amides is 2. The number of benzene rings is 2. The summed E-state index contributed by atoms with van der Waals surface area (Å²) >= 11 is 0.